The lowest BCUT2D eigenvalue weighted by Gasteiger charge is -2.18. The maximum absolute atomic E-state index is 13.6. The molecule has 1 amide bonds. The summed E-state index contributed by atoms with van der Waals surface area (Å²) in [4.78, 5) is 11.1. The number of hydrogen-bond acceptors (Lipinski definition) is 6. The molecule has 0 aliphatic carbocycles. The Hall–Kier alpha value is -2.92. The van der Waals surface area contributed by atoms with Gasteiger partial charge in [0.05, 0.1) is 5.56 Å². The average molecular weight is 410 g/mol. The molecule has 11 heteroatoms. The van der Waals surface area contributed by atoms with Gasteiger partial charge in [0.15, 0.2) is 6.80 Å². The molecular formula is C16H12F2N4O3S2. The summed E-state index contributed by atoms with van der Waals surface area (Å²) in [5.41, 5.74) is 5.44. The summed E-state index contributed by atoms with van der Waals surface area (Å²) in [6.07, 6.45) is 0. The predicted molar refractivity (Wildman–Crippen MR) is 95.9 cm³/mol. The van der Waals surface area contributed by atoms with Gasteiger partial charge >= 0.3 is 0 Å². The smallest absolute Gasteiger partial charge is 0.269 e. The number of nitrogens with zero attached hydrogens (tertiary/aromatic N) is 3. The van der Waals surface area contributed by atoms with Crippen molar-refractivity contribution in [1.29, 1.82) is 0 Å². The zero-order valence-corrected chi connectivity index (χ0v) is 15.2. The van der Waals surface area contributed by atoms with Gasteiger partial charge in [0, 0.05) is 5.56 Å². The van der Waals surface area contributed by atoms with Gasteiger partial charge in [-0.05, 0) is 36.4 Å². The van der Waals surface area contributed by atoms with Gasteiger partial charge in [-0.15, -0.1) is 10.2 Å². The first kappa shape index (κ1) is 18.9. The number of benzene rings is 2. The SMILES string of the molecule is NC(=O)c1ccccc1S(=O)(=O)N(CF)c1nnc(-c2ccc(F)cc2)s1. The number of aromatic nitrogens is 2. The Morgan fingerprint density at radius 1 is 1.11 bits per heavy atom. The van der Waals surface area contributed by atoms with Gasteiger partial charge in [-0.2, -0.15) is 0 Å². The normalized spacial score (nSPS) is 11.3. The first-order valence-corrected chi connectivity index (χ1v) is 9.67. The van der Waals surface area contributed by atoms with Crippen LogP contribution in [0.25, 0.3) is 10.6 Å². The molecule has 1 aromatic heterocycles. The van der Waals surface area contributed by atoms with E-state index in [1.807, 2.05) is 0 Å². The van der Waals surface area contributed by atoms with Gasteiger partial charge in [-0.3, -0.25) is 4.79 Å². The predicted octanol–water partition coefficient (Wildman–Crippen LogP) is 2.57. The molecule has 2 aromatic carbocycles. The van der Waals surface area contributed by atoms with E-state index in [1.165, 1.54) is 42.5 Å². The second-order valence-corrected chi connectivity index (χ2v) is 8.02. The summed E-state index contributed by atoms with van der Waals surface area (Å²) >= 11 is 0.806. The van der Waals surface area contributed by atoms with Crippen LogP contribution in [0.5, 0.6) is 0 Å². The lowest BCUT2D eigenvalue weighted by Crippen LogP contribution is -2.32. The van der Waals surface area contributed by atoms with E-state index < -0.39 is 33.4 Å². The molecule has 0 bridgehead atoms. The van der Waals surface area contributed by atoms with Gasteiger partial charge in [0.1, 0.15) is 15.7 Å². The monoisotopic (exact) mass is 410 g/mol. The molecule has 0 aliphatic rings. The van der Waals surface area contributed by atoms with Gasteiger partial charge in [0.2, 0.25) is 11.0 Å². The second-order valence-electron chi connectivity index (χ2n) is 5.23. The number of rotatable bonds is 6. The highest BCUT2D eigenvalue weighted by atomic mass is 32.2. The number of carbonyl (C=O) groups is 1. The largest absolute Gasteiger partial charge is 0.366 e. The van der Waals surface area contributed by atoms with Crippen LogP contribution in [0.1, 0.15) is 10.4 Å². The third-order valence-electron chi connectivity index (χ3n) is 3.55. The van der Waals surface area contributed by atoms with E-state index in [0.717, 1.165) is 17.4 Å². The summed E-state index contributed by atoms with van der Waals surface area (Å²) in [6, 6.07) is 10.5. The fourth-order valence-electron chi connectivity index (χ4n) is 2.26. The summed E-state index contributed by atoms with van der Waals surface area (Å²) in [5, 5.41) is 7.59. The number of amides is 1. The first-order valence-electron chi connectivity index (χ1n) is 7.41. The third kappa shape index (κ3) is 3.64. The summed E-state index contributed by atoms with van der Waals surface area (Å²) in [6.45, 7) is -1.42. The molecule has 1 heterocycles. The molecule has 2 N–H and O–H groups in total. The van der Waals surface area contributed by atoms with Crippen LogP contribution in [0.2, 0.25) is 0 Å². The lowest BCUT2D eigenvalue weighted by atomic mass is 10.2. The summed E-state index contributed by atoms with van der Waals surface area (Å²) in [7, 11) is -4.45. The highest BCUT2D eigenvalue weighted by molar-refractivity contribution is 7.93. The molecule has 3 rings (SSSR count). The quantitative estimate of drug-likeness (QED) is 0.629. The highest BCUT2D eigenvalue weighted by Gasteiger charge is 2.31. The van der Waals surface area contributed by atoms with Crippen LogP contribution in [-0.4, -0.2) is 31.3 Å². The Morgan fingerprint density at radius 3 is 2.41 bits per heavy atom. The highest BCUT2D eigenvalue weighted by Crippen LogP contribution is 2.32. The van der Waals surface area contributed by atoms with Crippen molar-refractivity contribution in [2.24, 2.45) is 5.73 Å². The van der Waals surface area contributed by atoms with Crippen LogP contribution in [0, 0.1) is 5.82 Å². The van der Waals surface area contributed by atoms with Crippen LogP contribution >= 0.6 is 11.3 Å². The zero-order chi connectivity index (χ0) is 19.6. The topological polar surface area (TPSA) is 106 Å². The maximum Gasteiger partial charge on any atom is 0.269 e. The zero-order valence-electron chi connectivity index (χ0n) is 13.5. The molecule has 7 nitrogen and oxygen atoms in total. The molecule has 0 saturated heterocycles. The van der Waals surface area contributed by atoms with Crippen molar-refractivity contribution < 1.29 is 22.0 Å². The molecule has 0 atom stereocenters. The number of nitrogens with two attached hydrogens (primary N) is 1. The summed E-state index contributed by atoms with van der Waals surface area (Å²) < 4.78 is 52.8. The number of alkyl halides is 1. The molecule has 0 unspecified atom stereocenters. The molecule has 0 spiro atoms. The van der Waals surface area contributed by atoms with Crippen molar-refractivity contribution in [1.82, 2.24) is 10.2 Å². The Labute approximate surface area is 157 Å². The van der Waals surface area contributed by atoms with Crippen LogP contribution in [-0.2, 0) is 10.0 Å². The van der Waals surface area contributed by atoms with E-state index in [-0.39, 0.29) is 15.7 Å². The molecular weight excluding hydrogens is 398 g/mol. The van der Waals surface area contributed by atoms with Gasteiger partial charge in [0.25, 0.3) is 10.0 Å². The van der Waals surface area contributed by atoms with Crippen LogP contribution < -0.4 is 10.0 Å². The van der Waals surface area contributed by atoms with Gasteiger partial charge < -0.3 is 5.73 Å². The van der Waals surface area contributed by atoms with E-state index in [9.17, 15) is 22.0 Å². The van der Waals surface area contributed by atoms with Gasteiger partial charge in [-0.1, -0.05) is 23.5 Å². The van der Waals surface area contributed by atoms with Crippen LogP contribution in [0.15, 0.2) is 53.4 Å². The number of anilines is 1. The molecule has 0 fully saturated rings. The first-order chi connectivity index (χ1) is 12.8. The van der Waals surface area contributed by atoms with Crippen LogP contribution in [0.4, 0.5) is 13.9 Å². The van der Waals surface area contributed by atoms with E-state index in [0.29, 0.717) is 9.87 Å². The van der Waals surface area contributed by atoms with Crippen molar-refractivity contribution in [3.63, 3.8) is 0 Å². The Morgan fingerprint density at radius 2 is 1.78 bits per heavy atom. The minimum Gasteiger partial charge on any atom is -0.366 e. The molecule has 0 aliphatic heterocycles. The fourth-order valence-corrected chi connectivity index (χ4v) is 4.71. The maximum atomic E-state index is 13.6. The number of primary amides is 1. The summed E-state index contributed by atoms with van der Waals surface area (Å²) in [5.74, 6) is -1.41. The number of sulfonamides is 1. The molecule has 0 saturated carbocycles. The van der Waals surface area contributed by atoms with Crippen molar-refractivity contribution in [2.75, 3.05) is 11.1 Å². The Kier molecular flexibility index (Phi) is 5.15. The third-order valence-corrected chi connectivity index (χ3v) is 6.42. The van der Waals surface area contributed by atoms with E-state index in [4.69, 9.17) is 5.73 Å². The molecule has 0 radical (unpaired) electrons. The van der Waals surface area contributed by atoms with Crippen molar-refractivity contribution in [3.8, 4) is 10.6 Å². The fraction of sp³-hybridized carbons (Fsp3) is 0.0625. The van der Waals surface area contributed by atoms with Crippen molar-refractivity contribution >= 4 is 32.4 Å². The minimum atomic E-state index is -4.45. The number of halogens is 2. The number of carbonyl (C=O) groups excluding carboxylic acids is 1. The Balaban J connectivity index is 2.03. The lowest BCUT2D eigenvalue weighted by molar-refractivity contribution is 0.0997. The Bertz CT molecular complexity index is 1090. The second kappa shape index (κ2) is 7.37. The van der Waals surface area contributed by atoms with E-state index in [2.05, 4.69) is 10.2 Å². The van der Waals surface area contributed by atoms with Crippen LogP contribution in [0.3, 0.4) is 0 Å². The number of hydrogen-bond donors (Lipinski definition) is 1. The minimum absolute atomic E-state index is 0.240. The molecule has 27 heavy (non-hydrogen) atoms. The van der Waals surface area contributed by atoms with Crippen molar-refractivity contribution in [2.45, 2.75) is 4.90 Å². The standard InChI is InChI=1S/C16H12F2N4O3S2/c17-9-22(27(24,25)13-4-2-1-3-12(13)14(19)23)16-21-20-15(26-16)10-5-7-11(18)8-6-10/h1-8H,9H2,(H2,19,23). The average Bonchev–Trinajstić information content (AvgIpc) is 3.12. The van der Waals surface area contributed by atoms with E-state index in [1.54, 1.807) is 0 Å². The molecule has 3 aromatic rings. The van der Waals surface area contributed by atoms with Gasteiger partial charge in [-0.25, -0.2) is 21.5 Å². The van der Waals surface area contributed by atoms with Crippen molar-refractivity contribution in [3.05, 3.63) is 59.9 Å². The van der Waals surface area contributed by atoms with E-state index >= 15 is 0 Å². The molecule has 140 valence electrons.